The first kappa shape index (κ1) is 16.0. The minimum atomic E-state index is -0.0533. The molecule has 5 nitrogen and oxygen atoms in total. The molecule has 0 radical (unpaired) electrons. The number of ether oxygens (including phenoxy) is 1. The van der Waals surface area contributed by atoms with E-state index in [0.717, 1.165) is 21.4 Å². The van der Waals surface area contributed by atoms with Crippen molar-refractivity contribution in [1.82, 2.24) is 15.0 Å². The maximum absolute atomic E-state index is 5.25. The van der Waals surface area contributed by atoms with Gasteiger partial charge >= 0.3 is 0 Å². The van der Waals surface area contributed by atoms with Crippen molar-refractivity contribution in [3.8, 4) is 0 Å². The molecule has 0 bridgehead atoms. The quantitative estimate of drug-likeness (QED) is 0.893. The molecule has 0 fully saturated rings. The van der Waals surface area contributed by atoms with E-state index in [4.69, 9.17) is 4.74 Å². The van der Waals surface area contributed by atoms with E-state index in [-0.39, 0.29) is 5.54 Å². The zero-order chi connectivity index (χ0) is 15.5. The Morgan fingerprint density at radius 1 is 1.33 bits per heavy atom. The Hall–Kier alpha value is -1.40. The molecular weight excluding hydrogens is 332 g/mol. The fraction of sp³-hybridized carbons (Fsp3) is 0.467. The average molecular weight is 353 g/mol. The molecule has 0 amide bonds. The molecule has 1 heterocycles. The SMILES string of the molecule is COCc1c(Br)cccc1NCc1cn(C(C)(C)C)nn1. The maximum atomic E-state index is 5.25. The minimum absolute atomic E-state index is 0.0533. The van der Waals surface area contributed by atoms with Gasteiger partial charge in [0.15, 0.2) is 0 Å². The summed E-state index contributed by atoms with van der Waals surface area (Å²) in [6, 6.07) is 6.04. The van der Waals surface area contributed by atoms with Crippen molar-refractivity contribution < 1.29 is 4.74 Å². The summed E-state index contributed by atoms with van der Waals surface area (Å²) in [4.78, 5) is 0. The summed E-state index contributed by atoms with van der Waals surface area (Å²) in [6.07, 6.45) is 1.97. The zero-order valence-electron chi connectivity index (χ0n) is 12.9. The van der Waals surface area contributed by atoms with Crippen molar-refractivity contribution >= 4 is 21.6 Å². The Labute approximate surface area is 133 Å². The second-order valence-electron chi connectivity index (χ2n) is 5.88. The molecule has 0 aliphatic rings. The standard InChI is InChI=1S/C15H21BrN4O/c1-15(2,3)20-9-11(18-19-20)8-17-14-7-5-6-13(16)12(14)10-21-4/h5-7,9,17H,8,10H2,1-4H3. The topological polar surface area (TPSA) is 52.0 Å². The highest BCUT2D eigenvalue weighted by Crippen LogP contribution is 2.26. The van der Waals surface area contributed by atoms with E-state index in [2.05, 4.69) is 52.3 Å². The predicted molar refractivity (Wildman–Crippen MR) is 87.2 cm³/mol. The molecule has 114 valence electrons. The Balaban J connectivity index is 2.10. The van der Waals surface area contributed by atoms with Gasteiger partial charge in [0.05, 0.1) is 24.9 Å². The maximum Gasteiger partial charge on any atom is 0.102 e. The van der Waals surface area contributed by atoms with Crippen molar-refractivity contribution in [2.45, 2.75) is 39.5 Å². The van der Waals surface area contributed by atoms with Gasteiger partial charge in [0.1, 0.15) is 5.69 Å². The van der Waals surface area contributed by atoms with Gasteiger partial charge in [-0.25, -0.2) is 4.68 Å². The van der Waals surface area contributed by atoms with E-state index in [1.165, 1.54) is 0 Å². The third-order valence-corrected chi connectivity index (χ3v) is 3.84. The monoisotopic (exact) mass is 352 g/mol. The van der Waals surface area contributed by atoms with Crippen LogP contribution in [0.15, 0.2) is 28.9 Å². The fourth-order valence-electron chi connectivity index (χ4n) is 1.91. The molecule has 2 aromatic rings. The molecule has 0 aliphatic heterocycles. The lowest BCUT2D eigenvalue weighted by molar-refractivity contribution is 0.185. The minimum Gasteiger partial charge on any atom is -0.380 e. The third-order valence-electron chi connectivity index (χ3n) is 3.10. The molecule has 0 atom stereocenters. The highest BCUT2D eigenvalue weighted by atomic mass is 79.9. The van der Waals surface area contributed by atoms with E-state index in [9.17, 15) is 0 Å². The highest BCUT2D eigenvalue weighted by molar-refractivity contribution is 9.10. The van der Waals surface area contributed by atoms with Gasteiger partial charge in [-0.2, -0.15) is 0 Å². The van der Waals surface area contributed by atoms with Gasteiger partial charge in [0, 0.05) is 22.8 Å². The van der Waals surface area contributed by atoms with Crippen molar-refractivity contribution in [2.24, 2.45) is 0 Å². The lowest BCUT2D eigenvalue weighted by Gasteiger charge is -2.17. The van der Waals surface area contributed by atoms with Gasteiger partial charge in [-0.3, -0.25) is 0 Å². The first-order valence-electron chi connectivity index (χ1n) is 6.83. The van der Waals surface area contributed by atoms with Crippen LogP contribution in [0.3, 0.4) is 0 Å². The largest absolute Gasteiger partial charge is 0.380 e. The summed E-state index contributed by atoms with van der Waals surface area (Å²) in [5.74, 6) is 0. The summed E-state index contributed by atoms with van der Waals surface area (Å²) in [5, 5.41) is 11.8. The van der Waals surface area contributed by atoms with Crippen LogP contribution in [0.1, 0.15) is 32.0 Å². The molecule has 1 N–H and O–H groups in total. The lowest BCUT2D eigenvalue weighted by Crippen LogP contribution is -2.22. The molecule has 0 aliphatic carbocycles. The number of methoxy groups -OCH3 is 1. The Morgan fingerprint density at radius 2 is 2.10 bits per heavy atom. The molecule has 0 saturated carbocycles. The number of nitrogens with zero attached hydrogens (tertiary/aromatic N) is 3. The van der Waals surface area contributed by atoms with Crippen molar-refractivity contribution in [3.63, 3.8) is 0 Å². The van der Waals surface area contributed by atoms with Gasteiger partial charge in [-0.1, -0.05) is 27.2 Å². The van der Waals surface area contributed by atoms with Crippen LogP contribution < -0.4 is 5.32 Å². The first-order valence-corrected chi connectivity index (χ1v) is 7.63. The van der Waals surface area contributed by atoms with E-state index in [1.54, 1.807) is 7.11 Å². The molecule has 1 aromatic carbocycles. The smallest absolute Gasteiger partial charge is 0.102 e. The molecule has 2 rings (SSSR count). The van der Waals surface area contributed by atoms with Gasteiger partial charge in [0.25, 0.3) is 0 Å². The van der Waals surface area contributed by atoms with Crippen LogP contribution in [0.2, 0.25) is 0 Å². The van der Waals surface area contributed by atoms with Crippen LogP contribution in [0.5, 0.6) is 0 Å². The van der Waals surface area contributed by atoms with Crippen molar-refractivity contribution in [1.29, 1.82) is 0 Å². The normalized spacial score (nSPS) is 11.7. The molecular formula is C15H21BrN4O. The van der Waals surface area contributed by atoms with Gasteiger partial charge in [0.2, 0.25) is 0 Å². The Kier molecular flexibility index (Phi) is 5.00. The van der Waals surface area contributed by atoms with Crippen LogP contribution >= 0.6 is 15.9 Å². The number of hydrogen-bond acceptors (Lipinski definition) is 4. The van der Waals surface area contributed by atoms with Gasteiger partial charge in [-0.05, 0) is 32.9 Å². The third kappa shape index (κ3) is 4.04. The van der Waals surface area contributed by atoms with Crippen LogP contribution in [0, 0.1) is 0 Å². The number of benzene rings is 1. The van der Waals surface area contributed by atoms with Crippen molar-refractivity contribution in [2.75, 3.05) is 12.4 Å². The van der Waals surface area contributed by atoms with Crippen LogP contribution in [-0.4, -0.2) is 22.1 Å². The number of hydrogen-bond donors (Lipinski definition) is 1. The molecule has 6 heteroatoms. The molecule has 0 unspecified atom stereocenters. The summed E-state index contributed by atoms with van der Waals surface area (Å²) in [5.41, 5.74) is 3.00. The summed E-state index contributed by atoms with van der Waals surface area (Å²) in [7, 11) is 1.69. The number of anilines is 1. The molecule has 0 spiro atoms. The van der Waals surface area contributed by atoms with Gasteiger partial charge in [-0.15, -0.1) is 5.10 Å². The highest BCUT2D eigenvalue weighted by Gasteiger charge is 2.15. The lowest BCUT2D eigenvalue weighted by atomic mass is 10.1. The number of rotatable bonds is 5. The average Bonchev–Trinajstić information content (AvgIpc) is 2.88. The number of nitrogens with one attached hydrogen (secondary N) is 1. The molecule has 21 heavy (non-hydrogen) atoms. The number of halogens is 1. The van der Waals surface area contributed by atoms with E-state index < -0.39 is 0 Å². The fourth-order valence-corrected chi connectivity index (χ4v) is 2.39. The molecule has 1 aromatic heterocycles. The van der Waals surface area contributed by atoms with Crippen molar-refractivity contribution in [3.05, 3.63) is 40.1 Å². The Morgan fingerprint density at radius 3 is 2.71 bits per heavy atom. The zero-order valence-corrected chi connectivity index (χ0v) is 14.4. The second kappa shape index (κ2) is 6.58. The van der Waals surface area contributed by atoms with Gasteiger partial charge < -0.3 is 10.1 Å². The van der Waals surface area contributed by atoms with Crippen LogP contribution in [0.25, 0.3) is 0 Å². The van der Waals surface area contributed by atoms with E-state index in [1.807, 2.05) is 29.1 Å². The predicted octanol–water partition coefficient (Wildman–Crippen LogP) is 3.55. The first-order chi connectivity index (χ1) is 9.91. The van der Waals surface area contributed by atoms with E-state index in [0.29, 0.717) is 13.2 Å². The number of aromatic nitrogens is 3. The summed E-state index contributed by atoms with van der Waals surface area (Å²) >= 11 is 3.55. The molecule has 0 saturated heterocycles. The van der Waals surface area contributed by atoms with E-state index >= 15 is 0 Å². The summed E-state index contributed by atoms with van der Waals surface area (Å²) < 4.78 is 8.16. The van der Waals surface area contributed by atoms with Crippen LogP contribution in [-0.2, 0) is 23.4 Å². The Bertz CT molecular complexity index is 604. The van der Waals surface area contributed by atoms with Crippen LogP contribution in [0.4, 0.5) is 5.69 Å². The summed E-state index contributed by atoms with van der Waals surface area (Å²) in [6.45, 7) is 7.49. The second-order valence-corrected chi connectivity index (χ2v) is 6.73.